The number of esters is 1. The Hall–Kier alpha value is -4.32. The lowest BCUT2D eigenvalue weighted by atomic mass is 10.2. The number of non-ortho nitro benzene ring substituents is 1. The van der Waals surface area contributed by atoms with Crippen LogP contribution in [0.3, 0.4) is 0 Å². The number of nitro benzene ring substituents is 1. The molecule has 3 aromatic carbocycles. The predicted octanol–water partition coefficient (Wildman–Crippen LogP) is 3.64. The van der Waals surface area contributed by atoms with Crippen molar-refractivity contribution < 1.29 is 32.1 Å². The number of halogens is 1. The highest BCUT2D eigenvalue weighted by Crippen LogP contribution is 2.23. The van der Waals surface area contributed by atoms with E-state index in [2.05, 4.69) is 10.0 Å². The number of sulfonamides is 1. The summed E-state index contributed by atoms with van der Waals surface area (Å²) in [5.74, 6) is -2.27. The maximum atomic E-state index is 13.4. The fourth-order valence-electron chi connectivity index (χ4n) is 2.84. The van der Waals surface area contributed by atoms with Gasteiger partial charge in [-0.2, -0.15) is 0 Å². The van der Waals surface area contributed by atoms with Crippen molar-refractivity contribution in [2.75, 3.05) is 16.6 Å². The summed E-state index contributed by atoms with van der Waals surface area (Å²) >= 11 is 0. The first-order chi connectivity index (χ1) is 16.1. The maximum Gasteiger partial charge on any atom is 0.340 e. The van der Waals surface area contributed by atoms with Gasteiger partial charge in [-0.3, -0.25) is 19.6 Å². The number of rotatable bonds is 8. The molecule has 0 atom stereocenters. The first kappa shape index (κ1) is 24.3. The zero-order valence-electron chi connectivity index (χ0n) is 17.6. The second kappa shape index (κ2) is 10.1. The molecule has 0 heterocycles. The summed E-state index contributed by atoms with van der Waals surface area (Å²) in [5.41, 5.74) is 0.0508. The molecule has 10 nitrogen and oxygen atoms in total. The van der Waals surface area contributed by atoms with Gasteiger partial charge >= 0.3 is 5.97 Å². The van der Waals surface area contributed by atoms with Crippen LogP contribution in [0.25, 0.3) is 0 Å². The summed E-state index contributed by atoms with van der Waals surface area (Å²) in [6.45, 7) is 0.950. The van der Waals surface area contributed by atoms with Crippen LogP contribution in [0.5, 0.6) is 0 Å². The Morgan fingerprint density at radius 3 is 2.50 bits per heavy atom. The maximum absolute atomic E-state index is 13.4. The van der Waals surface area contributed by atoms with Gasteiger partial charge in [-0.05, 0) is 42.8 Å². The monoisotopic (exact) mass is 487 g/mol. The molecule has 0 aliphatic carbocycles. The summed E-state index contributed by atoms with van der Waals surface area (Å²) in [4.78, 5) is 34.5. The Morgan fingerprint density at radius 1 is 1.03 bits per heavy atom. The van der Waals surface area contributed by atoms with E-state index in [9.17, 15) is 32.5 Å². The van der Waals surface area contributed by atoms with E-state index in [0.717, 1.165) is 24.3 Å². The fourth-order valence-corrected chi connectivity index (χ4v) is 3.96. The van der Waals surface area contributed by atoms with E-state index in [0.29, 0.717) is 5.56 Å². The molecule has 12 heteroatoms. The predicted molar refractivity (Wildman–Crippen MR) is 120 cm³/mol. The molecule has 2 N–H and O–H groups in total. The van der Waals surface area contributed by atoms with E-state index in [1.807, 2.05) is 0 Å². The molecule has 0 aromatic heterocycles. The molecule has 0 bridgehead atoms. The largest absolute Gasteiger partial charge is 0.452 e. The molecular formula is C22H18FN3O7S. The molecule has 1 amide bonds. The van der Waals surface area contributed by atoms with Crippen LogP contribution >= 0.6 is 0 Å². The molecule has 0 spiro atoms. The fraction of sp³-hybridized carbons (Fsp3) is 0.0909. The number of carbonyl (C=O) groups is 2. The van der Waals surface area contributed by atoms with Gasteiger partial charge in [-0.1, -0.05) is 24.3 Å². The van der Waals surface area contributed by atoms with Crippen molar-refractivity contribution in [3.8, 4) is 0 Å². The molecule has 176 valence electrons. The number of amides is 1. The van der Waals surface area contributed by atoms with Crippen LogP contribution in [0.2, 0.25) is 0 Å². The van der Waals surface area contributed by atoms with Crippen molar-refractivity contribution in [3.63, 3.8) is 0 Å². The average Bonchev–Trinajstić information content (AvgIpc) is 2.80. The summed E-state index contributed by atoms with van der Waals surface area (Å²) in [6.07, 6.45) is 0. The topological polar surface area (TPSA) is 145 Å². The lowest BCUT2D eigenvalue weighted by Crippen LogP contribution is -2.22. The molecule has 3 rings (SSSR count). The number of para-hydroxylation sites is 1. The van der Waals surface area contributed by atoms with Crippen molar-refractivity contribution in [2.45, 2.75) is 11.8 Å². The molecule has 0 saturated carbocycles. The zero-order valence-corrected chi connectivity index (χ0v) is 18.5. The van der Waals surface area contributed by atoms with Gasteiger partial charge < -0.3 is 10.1 Å². The number of hydrogen-bond acceptors (Lipinski definition) is 7. The highest BCUT2D eigenvalue weighted by Gasteiger charge is 2.22. The number of nitrogens with zero attached hydrogens (tertiary/aromatic N) is 1. The van der Waals surface area contributed by atoms with Crippen LogP contribution in [0.15, 0.2) is 71.6 Å². The highest BCUT2D eigenvalue weighted by atomic mass is 32.2. The van der Waals surface area contributed by atoms with Crippen molar-refractivity contribution in [1.82, 2.24) is 0 Å². The lowest BCUT2D eigenvalue weighted by molar-refractivity contribution is -0.385. The highest BCUT2D eigenvalue weighted by molar-refractivity contribution is 7.92. The summed E-state index contributed by atoms with van der Waals surface area (Å²) in [5, 5.41) is 13.4. The molecule has 3 aromatic rings. The van der Waals surface area contributed by atoms with Gasteiger partial charge in [-0.25, -0.2) is 17.6 Å². The van der Waals surface area contributed by atoms with E-state index >= 15 is 0 Å². The van der Waals surface area contributed by atoms with Gasteiger partial charge in [0.1, 0.15) is 5.82 Å². The smallest absolute Gasteiger partial charge is 0.340 e. The third kappa shape index (κ3) is 5.92. The number of anilines is 2. The normalized spacial score (nSPS) is 10.9. The van der Waals surface area contributed by atoms with E-state index in [1.165, 1.54) is 42.5 Å². The second-order valence-corrected chi connectivity index (χ2v) is 8.67. The minimum absolute atomic E-state index is 0.152. The van der Waals surface area contributed by atoms with E-state index < -0.39 is 44.9 Å². The number of carbonyl (C=O) groups excluding carboxylic acids is 2. The molecule has 0 aliphatic rings. The van der Waals surface area contributed by atoms with E-state index in [-0.39, 0.29) is 21.8 Å². The minimum atomic E-state index is -4.28. The van der Waals surface area contributed by atoms with Crippen molar-refractivity contribution in [3.05, 3.63) is 93.8 Å². The SMILES string of the molecule is Cc1ccc(F)cc1NC(=O)COC(=O)c1ccccc1NS(=O)(=O)c1cccc([N+](=O)[O-])c1. The number of nitro groups is 1. The molecular weight excluding hydrogens is 469 g/mol. The first-order valence-electron chi connectivity index (χ1n) is 9.66. The summed E-state index contributed by atoms with van der Waals surface area (Å²) in [7, 11) is -4.28. The quantitative estimate of drug-likeness (QED) is 0.280. The molecule has 0 fully saturated rings. The summed E-state index contributed by atoms with van der Waals surface area (Å²) in [6, 6.07) is 13.7. The molecule has 0 unspecified atom stereocenters. The van der Waals surface area contributed by atoms with Gasteiger partial charge in [0.05, 0.1) is 21.1 Å². The van der Waals surface area contributed by atoms with Gasteiger partial charge in [0.2, 0.25) is 0 Å². The molecule has 34 heavy (non-hydrogen) atoms. The van der Waals surface area contributed by atoms with Crippen LogP contribution in [0.1, 0.15) is 15.9 Å². The Balaban J connectivity index is 1.72. The van der Waals surface area contributed by atoms with E-state index in [4.69, 9.17) is 4.74 Å². The third-order valence-corrected chi connectivity index (χ3v) is 5.90. The van der Waals surface area contributed by atoms with Gasteiger partial charge in [0, 0.05) is 17.8 Å². The van der Waals surface area contributed by atoms with E-state index in [1.54, 1.807) is 6.92 Å². The number of aryl methyl sites for hydroxylation is 1. The van der Waals surface area contributed by atoms with Crippen LogP contribution in [-0.2, 0) is 19.6 Å². The lowest BCUT2D eigenvalue weighted by Gasteiger charge is -2.13. The Bertz CT molecular complexity index is 1380. The van der Waals surface area contributed by atoms with Gasteiger partial charge in [0.15, 0.2) is 6.61 Å². The van der Waals surface area contributed by atoms with Crippen LogP contribution < -0.4 is 10.0 Å². The number of hydrogen-bond donors (Lipinski definition) is 2. The molecule has 0 saturated heterocycles. The number of benzene rings is 3. The average molecular weight is 487 g/mol. The second-order valence-electron chi connectivity index (χ2n) is 6.99. The first-order valence-corrected chi connectivity index (χ1v) is 11.1. The van der Waals surface area contributed by atoms with Crippen molar-refractivity contribution in [2.24, 2.45) is 0 Å². The Labute approximate surface area is 193 Å². The molecule has 0 aliphatic heterocycles. The Morgan fingerprint density at radius 2 is 1.76 bits per heavy atom. The van der Waals surface area contributed by atoms with Crippen LogP contribution in [0.4, 0.5) is 21.5 Å². The minimum Gasteiger partial charge on any atom is -0.452 e. The molecule has 0 radical (unpaired) electrons. The van der Waals surface area contributed by atoms with Crippen LogP contribution in [0, 0.1) is 22.9 Å². The third-order valence-electron chi connectivity index (χ3n) is 4.54. The van der Waals surface area contributed by atoms with Gasteiger partial charge in [-0.15, -0.1) is 0 Å². The van der Waals surface area contributed by atoms with Crippen molar-refractivity contribution in [1.29, 1.82) is 0 Å². The van der Waals surface area contributed by atoms with Crippen molar-refractivity contribution >= 4 is 39.0 Å². The number of nitrogens with one attached hydrogen (secondary N) is 2. The standard InChI is InChI=1S/C22H18FN3O7S/c1-14-9-10-15(23)11-20(14)24-21(27)13-33-22(28)18-7-2-3-8-19(18)25-34(31,32)17-6-4-5-16(12-17)26(29)30/h2-12,25H,13H2,1H3,(H,24,27). The summed E-state index contributed by atoms with van der Waals surface area (Å²) < 4.78 is 45.9. The number of ether oxygens (including phenoxy) is 1. The van der Waals surface area contributed by atoms with Gasteiger partial charge in [0.25, 0.3) is 21.6 Å². The Kier molecular flexibility index (Phi) is 7.21. The van der Waals surface area contributed by atoms with Crippen LogP contribution in [-0.4, -0.2) is 31.8 Å². The zero-order chi connectivity index (χ0) is 24.9.